The van der Waals surface area contributed by atoms with Crippen molar-refractivity contribution in [2.45, 2.75) is 0 Å². The fraction of sp³-hybridized carbons (Fsp3) is 0. The number of rotatable bonds is 7. The van der Waals surface area contributed by atoms with Gasteiger partial charge in [0.05, 0.1) is 22.6 Å². The lowest BCUT2D eigenvalue weighted by molar-refractivity contribution is 1.32. The molecule has 262 valence electrons. The summed E-state index contributed by atoms with van der Waals surface area (Å²) in [5.41, 5.74) is 16.5. The normalized spacial score (nSPS) is 11.2. The monoisotopic (exact) mass is 712 g/mol. The highest BCUT2D eigenvalue weighted by atomic mass is 14.7. The van der Waals surface area contributed by atoms with Crippen molar-refractivity contribution in [3.8, 4) is 78.3 Å². The fourth-order valence-corrected chi connectivity index (χ4v) is 7.78. The molecule has 0 radical (unpaired) electrons. The predicted octanol–water partition coefficient (Wildman–Crippen LogP) is 14.5. The molecule has 0 amide bonds. The lowest BCUT2D eigenvalue weighted by Crippen LogP contribution is -1.92. The fourth-order valence-electron chi connectivity index (χ4n) is 7.78. The van der Waals surface area contributed by atoms with Crippen molar-refractivity contribution in [2.24, 2.45) is 0 Å². The van der Waals surface area contributed by atoms with Crippen LogP contribution < -0.4 is 0 Å². The topological polar surface area (TPSA) is 25.8 Å². The number of pyridine rings is 2. The summed E-state index contributed by atoms with van der Waals surface area (Å²) in [7, 11) is 0. The zero-order valence-electron chi connectivity index (χ0n) is 30.7. The molecule has 2 heterocycles. The summed E-state index contributed by atoms with van der Waals surface area (Å²) in [4.78, 5) is 10.4. The third-order valence-corrected chi connectivity index (χ3v) is 10.7. The van der Waals surface area contributed by atoms with Crippen LogP contribution in [-0.2, 0) is 0 Å². The van der Waals surface area contributed by atoms with Gasteiger partial charge in [-0.3, -0.25) is 0 Å². The van der Waals surface area contributed by atoms with Crippen molar-refractivity contribution >= 4 is 21.7 Å². The van der Waals surface area contributed by atoms with Crippen molar-refractivity contribution in [1.82, 2.24) is 9.97 Å². The smallest absolute Gasteiger partial charge is 0.0722 e. The molecule has 2 heteroatoms. The van der Waals surface area contributed by atoms with E-state index < -0.39 is 0 Å². The first-order valence-electron chi connectivity index (χ1n) is 19.1. The Kier molecular flexibility index (Phi) is 8.55. The number of hydrogen-bond acceptors (Lipinski definition) is 2. The Hall–Kier alpha value is -7.42. The van der Waals surface area contributed by atoms with E-state index in [4.69, 9.17) is 9.97 Å². The van der Waals surface area contributed by atoms with Gasteiger partial charge in [0.25, 0.3) is 0 Å². The van der Waals surface area contributed by atoms with Crippen molar-refractivity contribution in [1.29, 1.82) is 0 Å². The second-order valence-electron chi connectivity index (χ2n) is 14.2. The van der Waals surface area contributed by atoms with Crippen LogP contribution in [0.5, 0.6) is 0 Å². The molecule has 0 N–H and O–H groups in total. The van der Waals surface area contributed by atoms with Gasteiger partial charge in [-0.25, -0.2) is 9.97 Å². The van der Waals surface area contributed by atoms with Gasteiger partial charge in [0.15, 0.2) is 0 Å². The van der Waals surface area contributed by atoms with Crippen LogP contribution in [-0.4, -0.2) is 9.97 Å². The molecule has 0 unspecified atom stereocenters. The van der Waals surface area contributed by atoms with Gasteiger partial charge in [0.1, 0.15) is 0 Å². The maximum atomic E-state index is 5.20. The van der Waals surface area contributed by atoms with Crippen molar-refractivity contribution in [2.75, 3.05) is 0 Å². The molecule has 0 saturated carbocycles. The zero-order chi connectivity index (χ0) is 37.3. The van der Waals surface area contributed by atoms with E-state index in [1.165, 1.54) is 44.0 Å². The van der Waals surface area contributed by atoms with Crippen LogP contribution >= 0.6 is 0 Å². The van der Waals surface area contributed by atoms with Crippen LogP contribution in [0.25, 0.3) is 100.0 Å². The predicted molar refractivity (Wildman–Crippen MR) is 235 cm³/mol. The molecule has 10 rings (SSSR count). The van der Waals surface area contributed by atoms with Crippen LogP contribution in [0.4, 0.5) is 0 Å². The van der Waals surface area contributed by atoms with Crippen molar-refractivity contribution in [3.05, 3.63) is 218 Å². The summed E-state index contributed by atoms with van der Waals surface area (Å²) in [5, 5.41) is 3.55. The third-order valence-electron chi connectivity index (χ3n) is 10.7. The summed E-state index contributed by atoms with van der Waals surface area (Å²) in [6.07, 6.45) is 0. The molecular formula is C54H36N2. The second kappa shape index (κ2) is 14.4. The molecule has 0 aliphatic carbocycles. The van der Waals surface area contributed by atoms with Crippen LogP contribution in [0.15, 0.2) is 218 Å². The molecule has 0 aliphatic heterocycles. The highest BCUT2D eigenvalue weighted by molar-refractivity contribution is 6.14. The van der Waals surface area contributed by atoms with Crippen LogP contribution in [0.1, 0.15) is 0 Å². The van der Waals surface area contributed by atoms with Gasteiger partial charge in [-0.05, 0) is 91.7 Å². The Morgan fingerprint density at radius 2 is 0.696 bits per heavy atom. The van der Waals surface area contributed by atoms with Gasteiger partial charge in [-0.2, -0.15) is 0 Å². The summed E-state index contributed by atoms with van der Waals surface area (Å²) in [6.45, 7) is 0. The zero-order valence-corrected chi connectivity index (χ0v) is 30.7. The first-order valence-corrected chi connectivity index (χ1v) is 19.1. The second-order valence-corrected chi connectivity index (χ2v) is 14.2. The van der Waals surface area contributed by atoms with E-state index in [0.717, 1.165) is 56.0 Å². The van der Waals surface area contributed by atoms with Gasteiger partial charge in [-0.1, -0.05) is 182 Å². The number of aromatic nitrogens is 2. The average molecular weight is 713 g/mol. The Labute approximate surface area is 327 Å². The van der Waals surface area contributed by atoms with Crippen molar-refractivity contribution in [3.63, 3.8) is 0 Å². The van der Waals surface area contributed by atoms with E-state index in [0.29, 0.717) is 0 Å². The van der Waals surface area contributed by atoms with Crippen LogP contribution in [0, 0.1) is 0 Å². The van der Waals surface area contributed by atoms with E-state index in [9.17, 15) is 0 Å². The minimum absolute atomic E-state index is 0.947. The van der Waals surface area contributed by atoms with E-state index in [1.807, 2.05) is 12.1 Å². The lowest BCUT2D eigenvalue weighted by atomic mass is 9.92. The first kappa shape index (κ1) is 33.2. The summed E-state index contributed by atoms with van der Waals surface area (Å²) in [6, 6.07) is 77.6. The molecule has 8 aromatic carbocycles. The largest absolute Gasteiger partial charge is 0.248 e. The lowest BCUT2D eigenvalue weighted by Gasteiger charge is -2.14. The first-order chi connectivity index (χ1) is 27.7. The number of nitrogens with zero attached hydrogens (tertiary/aromatic N) is 2. The Balaban J connectivity index is 1.06. The molecule has 0 spiro atoms. The molecule has 10 aromatic rings. The van der Waals surface area contributed by atoms with Gasteiger partial charge in [-0.15, -0.1) is 0 Å². The maximum absolute atomic E-state index is 5.20. The quantitative estimate of drug-likeness (QED) is 0.154. The van der Waals surface area contributed by atoms with Crippen LogP contribution in [0.2, 0.25) is 0 Å². The third kappa shape index (κ3) is 6.44. The number of fused-ring (bicyclic) bond motifs is 3. The highest BCUT2D eigenvalue weighted by Gasteiger charge is 2.15. The summed E-state index contributed by atoms with van der Waals surface area (Å²) >= 11 is 0. The van der Waals surface area contributed by atoms with Gasteiger partial charge < -0.3 is 0 Å². The molecule has 2 aromatic heterocycles. The van der Waals surface area contributed by atoms with E-state index in [-0.39, 0.29) is 0 Å². The molecule has 0 saturated heterocycles. The number of benzene rings is 8. The Bertz CT molecular complexity index is 2970. The van der Waals surface area contributed by atoms with Gasteiger partial charge in [0.2, 0.25) is 0 Å². The maximum Gasteiger partial charge on any atom is 0.0722 e. The SMILES string of the molecule is c1ccc(-c2cccc(-c3cc(-c4ccc(-c5ccc6ccc7nc(-c8ccccc8)cc(-c8ccccc8)c7c6c5)cc4)cc(-c4ccccc4)n3)c2)cc1. The minimum atomic E-state index is 0.947. The Morgan fingerprint density at radius 1 is 0.250 bits per heavy atom. The molecule has 0 fully saturated rings. The van der Waals surface area contributed by atoms with Gasteiger partial charge >= 0.3 is 0 Å². The highest BCUT2D eigenvalue weighted by Crippen LogP contribution is 2.39. The molecule has 56 heavy (non-hydrogen) atoms. The van der Waals surface area contributed by atoms with E-state index >= 15 is 0 Å². The number of hydrogen-bond donors (Lipinski definition) is 0. The van der Waals surface area contributed by atoms with Gasteiger partial charge in [0, 0.05) is 22.1 Å². The molecular weight excluding hydrogens is 677 g/mol. The molecule has 0 aliphatic rings. The minimum Gasteiger partial charge on any atom is -0.248 e. The summed E-state index contributed by atoms with van der Waals surface area (Å²) in [5.74, 6) is 0. The summed E-state index contributed by atoms with van der Waals surface area (Å²) < 4.78 is 0. The molecule has 0 bridgehead atoms. The Morgan fingerprint density at radius 3 is 1.34 bits per heavy atom. The van der Waals surface area contributed by atoms with E-state index in [2.05, 4.69) is 206 Å². The van der Waals surface area contributed by atoms with Crippen LogP contribution in [0.3, 0.4) is 0 Å². The molecule has 0 atom stereocenters. The average Bonchev–Trinajstić information content (AvgIpc) is 3.29. The molecule has 2 nitrogen and oxygen atoms in total. The van der Waals surface area contributed by atoms with E-state index in [1.54, 1.807) is 0 Å². The standard InChI is InChI=1S/C54H36N2/c1-5-14-37(15-6-1)44-22-13-23-46(32-44)52-35-47(34-51(56-52)42-18-9-3-10-19-42)39-26-24-38(25-27-39)45-29-28-41-30-31-50-54(48(41)33-45)49(40-16-7-2-8-17-40)36-53(55-50)43-20-11-4-12-21-43/h1-36H. The van der Waals surface area contributed by atoms with Crippen molar-refractivity contribution < 1.29 is 0 Å².